The molecule has 1 fully saturated rings. The molecular weight excluding hydrogens is 363 g/mol. The predicted octanol–water partition coefficient (Wildman–Crippen LogP) is 1.23. The summed E-state index contributed by atoms with van der Waals surface area (Å²) in [5.74, 6) is 0.197. The van der Waals surface area contributed by atoms with Crippen LogP contribution in [0.4, 0.5) is 10.2 Å². The van der Waals surface area contributed by atoms with Crippen LogP contribution in [0.2, 0.25) is 0 Å². The van der Waals surface area contributed by atoms with Crippen LogP contribution in [0.3, 0.4) is 0 Å². The lowest BCUT2D eigenvalue weighted by molar-refractivity contribution is 0.0843. The fourth-order valence-corrected chi connectivity index (χ4v) is 3.51. The third-order valence-electron chi connectivity index (χ3n) is 5.35. The highest BCUT2D eigenvalue weighted by Gasteiger charge is 2.25. The molecule has 2 heterocycles. The second-order valence-corrected chi connectivity index (χ2v) is 7.18. The summed E-state index contributed by atoms with van der Waals surface area (Å²) in [6.07, 6.45) is 1.53. The lowest BCUT2D eigenvalue weighted by atomic mass is 9.89. The molecule has 1 aromatic heterocycles. The molecule has 8 heteroatoms. The summed E-state index contributed by atoms with van der Waals surface area (Å²) in [6.45, 7) is 2.95. The Morgan fingerprint density at radius 1 is 1.11 bits per heavy atom. The Kier molecular flexibility index (Phi) is 6.08. The van der Waals surface area contributed by atoms with Crippen molar-refractivity contribution in [3.63, 3.8) is 0 Å². The fraction of sp³-hybridized carbons (Fsp3) is 0.450. The first kappa shape index (κ1) is 20.0. The van der Waals surface area contributed by atoms with E-state index in [4.69, 9.17) is 0 Å². The minimum Gasteiger partial charge on any atom is -0.370 e. The van der Waals surface area contributed by atoms with Crippen LogP contribution in [0.1, 0.15) is 23.2 Å². The molecule has 0 aliphatic carbocycles. The Bertz CT molecular complexity index is 957. The van der Waals surface area contributed by atoms with Gasteiger partial charge in [-0.1, -0.05) is 0 Å². The molecule has 2 aromatic rings. The van der Waals surface area contributed by atoms with Gasteiger partial charge in [0.1, 0.15) is 11.6 Å². The van der Waals surface area contributed by atoms with Crippen molar-refractivity contribution in [2.75, 3.05) is 31.5 Å². The minimum absolute atomic E-state index is 0.0346. The van der Waals surface area contributed by atoms with E-state index in [0.717, 1.165) is 37.0 Å². The van der Waals surface area contributed by atoms with Gasteiger partial charge in [-0.15, -0.1) is 0 Å². The largest absolute Gasteiger partial charge is 0.370 e. The molecule has 0 unspecified atom stereocenters. The van der Waals surface area contributed by atoms with E-state index in [1.165, 1.54) is 29.8 Å². The van der Waals surface area contributed by atoms with Crippen LogP contribution in [-0.4, -0.2) is 46.0 Å². The van der Waals surface area contributed by atoms with Crippen molar-refractivity contribution in [1.82, 2.24) is 14.0 Å². The van der Waals surface area contributed by atoms with E-state index in [1.807, 2.05) is 0 Å². The molecular formula is C20H25FN4O3. The first-order chi connectivity index (χ1) is 13.4. The SMILES string of the molecule is Cn1c(NCCN2CCC(C(=O)c3ccc(F)cc3)CC2)cc(=O)n(C)c1=O. The minimum atomic E-state index is -0.366. The van der Waals surface area contributed by atoms with E-state index >= 15 is 0 Å². The van der Waals surface area contributed by atoms with E-state index in [9.17, 15) is 18.8 Å². The van der Waals surface area contributed by atoms with Crippen molar-refractivity contribution in [3.05, 3.63) is 62.6 Å². The van der Waals surface area contributed by atoms with Gasteiger partial charge in [0.15, 0.2) is 5.78 Å². The molecule has 7 nitrogen and oxygen atoms in total. The predicted molar refractivity (Wildman–Crippen MR) is 105 cm³/mol. The Morgan fingerprint density at radius 3 is 2.39 bits per heavy atom. The van der Waals surface area contributed by atoms with Crippen molar-refractivity contribution in [3.8, 4) is 0 Å². The summed E-state index contributed by atoms with van der Waals surface area (Å²) >= 11 is 0. The van der Waals surface area contributed by atoms with Crippen LogP contribution in [0, 0.1) is 11.7 Å². The summed E-state index contributed by atoms with van der Waals surface area (Å²) in [5, 5.41) is 3.14. The molecule has 28 heavy (non-hydrogen) atoms. The standard InChI is InChI=1S/C20H25FN4O3/c1-23-17(13-18(26)24(2)20(23)28)22-9-12-25-10-7-15(8-11-25)19(27)14-3-5-16(21)6-4-14/h3-6,13,15,22H,7-12H2,1-2H3. The highest BCUT2D eigenvalue weighted by molar-refractivity contribution is 5.97. The number of ketones is 1. The smallest absolute Gasteiger partial charge is 0.332 e. The van der Waals surface area contributed by atoms with Crippen LogP contribution < -0.4 is 16.6 Å². The molecule has 0 spiro atoms. The second kappa shape index (κ2) is 8.52. The van der Waals surface area contributed by atoms with Crippen LogP contribution in [0.25, 0.3) is 0 Å². The maximum absolute atomic E-state index is 13.0. The number of likely N-dealkylation sites (tertiary alicyclic amines) is 1. The van der Waals surface area contributed by atoms with Crippen molar-refractivity contribution in [1.29, 1.82) is 0 Å². The molecule has 1 aliphatic rings. The van der Waals surface area contributed by atoms with Crippen molar-refractivity contribution in [2.45, 2.75) is 12.8 Å². The van der Waals surface area contributed by atoms with E-state index in [-0.39, 0.29) is 28.8 Å². The van der Waals surface area contributed by atoms with Gasteiger partial charge in [-0.3, -0.25) is 18.7 Å². The summed E-state index contributed by atoms with van der Waals surface area (Å²) < 4.78 is 15.5. The monoisotopic (exact) mass is 388 g/mol. The normalized spacial score (nSPS) is 15.5. The number of piperidine rings is 1. The molecule has 1 saturated heterocycles. The van der Waals surface area contributed by atoms with Crippen LogP contribution in [0.5, 0.6) is 0 Å². The maximum atomic E-state index is 13.0. The second-order valence-electron chi connectivity index (χ2n) is 7.18. The van der Waals surface area contributed by atoms with Gasteiger partial charge in [0, 0.05) is 44.7 Å². The topological polar surface area (TPSA) is 76.3 Å². The molecule has 3 rings (SSSR count). The highest BCUT2D eigenvalue weighted by Crippen LogP contribution is 2.21. The van der Waals surface area contributed by atoms with E-state index < -0.39 is 0 Å². The Morgan fingerprint density at radius 2 is 1.75 bits per heavy atom. The maximum Gasteiger partial charge on any atom is 0.332 e. The number of aromatic nitrogens is 2. The number of carbonyl (C=O) groups excluding carboxylic acids is 1. The van der Waals surface area contributed by atoms with Gasteiger partial charge in [0.05, 0.1) is 0 Å². The van der Waals surface area contributed by atoms with Gasteiger partial charge in [0.25, 0.3) is 5.56 Å². The molecule has 1 aromatic carbocycles. The van der Waals surface area contributed by atoms with Crippen molar-refractivity contribution >= 4 is 11.6 Å². The Labute approximate surface area is 162 Å². The average Bonchev–Trinajstić information content (AvgIpc) is 2.71. The Balaban J connectivity index is 1.49. The van der Waals surface area contributed by atoms with Gasteiger partial charge in [-0.05, 0) is 50.2 Å². The van der Waals surface area contributed by atoms with E-state index in [2.05, 4.69) is 10.2 Å². The van der Waals surface area contributed by atoms with Gasteiger partial charge in [-0.2, -0.15) is 0 Å². The first-order valence-electron chi connectivity index (χ1n) is 9.40. The van der Waals surface area contributed by atoms with Crippen LogP contribution in [0.15, 0.2) is 39.9 Å². The number of carbonyl (C=O) groups is 1. The Hall–Kier alpha value is -2.74. The average molecular weight is 388 g/mol. The third-order valence-corrected chi connectivity index (χ3v) is 5.35. The zero-order valence-corrected chi connectivity index (χ0v) is 16.2. The van der Waals surface area contributed by atoms with Crippen LogP contribution in [-0.2, 0) is 14.1 Å². The summed E-state index contributed by atoms with van der Waals surface area (Å²) in [6, 6.07) is 7.14. The van der Waals surface area contributed by atoms with E-state index in [1.54, 1.807) is 19.2 Å². The number of hydrogen-bond acceptors (Lipinski definition) is 5. The number of hydrogen-bond donors (Lipinski definition) is 1. The lowest BCUT2D eigenvalue weighted by Crippen LogP contribution is -2.40. The highest BCUT2D eigenvalue weighted by atomic mass is 19.1. The number of nitrogens with zero attached hydrogens (tertiary/aromatic N) is 3. The van der Waals surface area contributed by atoms with Gasteiger partial charge in [0.2, 0.25) is 0 Å². The summed E-state index contributed by atoms with van der Waals surface area (Å²) in [4.78, 5) is 38.5. The van der Waals surface area contributed by atoms with Gasteiger partial charge >= 0.3 is 5.69 Å². The molecule has 0 radical (unpaired) electrons. The molecule has 0 bridgehead atoms. The molecule has 0 amide bonds. The number of Topliss-reactive ketones (excluding diaryl/α,β-unsaturated/α-hetero) is 1. The zero-order chi connectivity index (χ0) is 20.3. The first-order valence-corrected chi connectivity index (χ1v) is 9.40. The molecule has 150 valence electrons. The molecule has 1 aliphatic heterocycles. The summed E-state index contributed by atoms with van der Waals surface area (Å²) in [5.41, 5.74) is -0.145. The quantitative estimate of drug-likeness (QED) is 0.754. The molecule has 1 N–H and O–H groups in total. The number of anilines is 1. The molecule has 0 atom stereocenters. The number of rotatable bonds is 6. The van der Waals surface area contributed by atoms with Crippen molar-refractivity contribution < 1.29 is 9.18 Å². The van der Waals surface area contributed by atoms with Gasteiger partial charge < -0.3 is 10.2 Å². The third kappa shape index (κ3) is 4.39. The molecule has 0 saturated carbocycles. The van der Waals surface area contributed by atoms with E-state index in [0.29, 0.717) is 17.9 Å². The summed E-state index contributed by atoms with van der Waals surface area (Å²) in [7, 11) is 3.07. The number of benzene rings is 1. The fourth-order valence-electron chi connectivity index (χ4n) is 3.51. The van der Waals surface area contributed by atoms with Crippen LogP contribution >= 0.6 is 0 Å². The number of halogens is 1. The zero-order valence-electron chi connectivity index (χ0n) is 16.2. The van der Waals surface area contributed by atoms with Crippen molar-refractivity contribution in [2.24, 2.45) is 20.0 Å². The lowest BCUT2D eigenvalue weighted by Gasteiger charge is -2.31. The number of nitrogens with one attached hydrogen (secondary N) is 1. The van der Waals surface area contributed by atoms with Gasteiger partial charge in [-0.25, -0.2) is 9.18 Å².